The standard InChI is InChI=1S/C20H24N2O2/c1-3-13-12-22-9-7-14(13)10-19(22)20(23)16-6-8-21-18-5-4-15(24-2)11-17(16)18/h3-6,8,11,13-14,19-20,23H,1,7,9-10,12H2,2H3/t13-,14-,19-,20+/m0/s1/i2D3. The number of aliphatic hydroxyl groups is 1. The Morgan fingerprint density at radius 2 is 2.42 bits per heavy atom. The van der Waals surface area contributed by atoms with Gasteiger partial charge in [-0.05, 0) is 61.1 Å². The van der Waals surface area contributed by atoms with Gasteiger partial charge in [-0.25, -0.2) is 0 Å². The highest BCUT2D eigenvalue weighted by atomic mass is 16.5. The summed E-state index contributed by atoms with van der Waals surface area (Å²) < 4.78 is 26.9. The number of hydrogen-bond donors (Lipinski definition) is 1. The summed E-state index contributed by atoms with van der Waals surface area (Å²) in [5, 5.41) is 11.9. The van der Waals surface area contributed by atoms with E-state index in [9.17, 15) is 5.11 Å². The van der Waals surface area contributed by atoms with Crippen molar-refractivity contribution >= 4 is 10.9 Å². The molecule has 5 atom stereocenters. The van der Waals surface area contributed by atoms with E-state index in [1.54, 1.807) is 24.4 Å². The van der Waals surface area contributed by atoms with E-state index in [2.05, 4.69) is 16.5 Å². The minimum Gasteiger partial charge on any atom is -0.497 e. The van der Waals surface area contributed by atoms with Crippen molar-refractivity contribution in [3.05, 3.63) is 48.7 Å². The smallest absolute Gasteiger partial charge is 0.119 e. The van der Waals surface area contributed by atoms with E-state index >= 15 is 0 Å². The second-order valence-corrected chi connectivity index (χ2v) is 6.87. The van der Waals surface area contributed by atoms with Crippen molar-refractivity contribution in [2.75, 3.05) is 20.1 Å². The summed E-state index contributed by atoms with van der Waals surface area (Å²) in [6.45, 7) is 5.88. The first kappa shape index (κ1) is 12.5. The lowest BCUT2D eigenvalue weighted by Gasteiger charge is -2.50. The van der Waals surface area contributed by atoms with Gasteiger partial charge in [-0.2, -0.15) is 0 Å². The molecule has 24 heavy (non-hydrogen) atoms. The highest BCUT2D eigenvalue weighted by molar-refractivity contribution is 5.83. The van der Waals surface area contributed by atoms with Crippen LogP contribution in [0.15, 0.2) is 43.1 Å². The first-order valence-corrected chi connectivity index (χ1v) is 8.48. The highest BCUT2D eigenvalue weighted by Gasteiger charge is 2.42. The Labute approximate surface area is 147 Å². The molecule has 0 saturated carbocycles. The minimum absolute atomic E-state index is 0.0535. The Morgan fingerprint density at radius 1 is 1.50 bits per heavy atom. The fourth-order valence-corrected chi connectivity index (χ4v) is 4.38. The van der Waals surface area contributed by atoms with Crippen molar-refractivity contribution in [3.8, 4) is 5.75 Å². The summed E-state index contributed by atoms with van der Waals surface area (Å²) in [7, 11) is -2.51. The van der Waals surface area contributed by atoms with Gasteiger partial charge < -0.3 is 9.84 Å². The number of ether oxygens (including phenoxy) is 1. The predicted octanol–water partition coefficient (Wildman–Crippen LogP) is 3.17. The van der Waals surface area contributed by atoms with Crippen LogP contribution in [0, 0.1) is 11.8 Å². The molecule has 0 spiro atoms. The number of aliphatic hydroxyl groups excluding tert-OH is 1. The molecule has 3 saturated heterocycles. The van der Waals surface area contributed by atoms with Gasteiger partial charge >= 0.3 is 0 Å². The van der Waals surface area contributed by atoms with Gasteiger partial charge in [0, 0.05) is 24.2 Å². The average Bonchev–Trinajstić information content (AvgIpc) is 2.65. The van der Waals surface area contributed by atoms with E-state index in [0.29, 0.717) is 17.4 Å². The van der Waals surface area contributed by atoms with Crippen LogP contribution in [-0.2, 0) is 0 Å². The fourth-order valence-electron chi connectivity index (χ4n) is 4.38. The number of aromatic nitrogens is 1. The molecular formula is C20H24N2O2. The summed E-state index contributed by atoms with van der Waals surface area (Å²) in [6.07, 6.45) is 5.15. The van der Waals surface area contributed by atoms with E-state index in [-0.39, 0.29) is 11.8 Å². The van der Waals surface area contributed by atoms with Crippen LogP contribution in [-0.4, -0.2) is 41.2 Å². The normalized spacial score (nSPS) is 32.6. The van der Waals surface area contributed by atoms with Crippen LogP contribution in [0.25, 0.3) is 10.9 Å². The van der Waals surface area contributed by atoms with Crippen LogP contribution in [0.2, 0.25) is 0 Å². The predicted molar refractivity (Wildman–Crippen MR) is 95.0 cm³/mol. The van der Waals surface area contributed by atoms with E-state index < -0.39 is 13.1 Å². The number of methoxy groups -OCH3 is 1. The third-order valence-electron chi connectivity index (χ3n) is 5.70. The molecule has 4 heterocycles. The van der Waals surface area contributed by atoms with Gasteiger partial charge in [0.15, 0.2) is 0 Å². The van der Waals surface area contributed by atoms with Crippen molar-refractivity contribution in [2.24, 2.45) is 11.8 Å². The van der Waals surface area contributed by atoms with Gasteiger partial charge in [0.2, 0.25) is 0 Å². The molecule has 2 aromatic rings. The van der Waals surface area contributed by atoms with E-state index in [0.717, 1.165) is 36.9 Å². The molecular weight excluding hydrogens is 300 g/mol. The first-order chi connectivity index (χ1) is 12.9. The maximum absolute atomic E-state index is 11.2. The molecule has 3 aliphatic heterocycles. The Balaban J connectivity index is 1.66. The number of pyridine rings is 1. The molecule has 2 bridgehead atoms. The molecule has 3 aliphatic rings. The van der Waals surface area contributed by atoms with Crippen molar-refractivity contribution in [2.45, 2.75) is 25.0 Å². The second kappa shape index (κ2) is 6.19. The van der Waals surface area contributed by atoms with Crippen molar-refractivity contribution < 1.29 is 14.0 Å². The molecule has 5 rings (SSSR count). The maximum atomic E-state index is 11.2. The third-order valence-corrected chi connectivity index (χ3v) is 5.70. The zero-order valence-electron chi connectivity index (χ0n) is 16.6. The van der Waals surface area contributed by atoms with Gasteiger partial charge in [0.1, 0.15) is 5.75 Å². The van der Waals surface area contributed by atoms with Crippen LogP contribution in [0.3, 0.4) is 0 Å². The Bertz CT molecular complexity index is 855. The lowest BCUT2D eigenvalue weighted by Crippen LogP contribution is -2.54. The van der Waals surface area contributed by atoms with Crippen LogP contribution < -0.4 is 4.74 Å². The molecule has 4 nitrogen and oxygen atoms in total. The summed E-state index contributed by atoms with van der Waals surface area (Å²) in [6, 6.07) is 6.86. The summed E-state index contributed by atoms with van der Waals surface area (Å²) in [5.41, 5.74) is 1.48. The molecule has 1 aromatic carbocycles. The zero-order chi connectivity index (χ0) is 19.2. The summed E-state index contributed by atoms with van der Waals surface area (Å²) in [4.78, 5) is 6.70. The molecule has 0 amide bonds. The molecule has 0 aliphatic carbocycles. The molecule has 1 aromatic heterocycles. The number of hydrogen-bond acceptors (Lipinski definition) is 4. The minimum atomic E-state index is -2.51. The SMILES string of the molecule is [2H]C([2H])([2H])Oc1ccc2nccc([C@@H](O)[C@@H]3C[C@@H]4CCN3C[C@@H]4C=C)c2c1. The largest absolute Gasteiger partial charge is 0.497 e. The Kier molecular flexibility index (Phi) is 3.21. The van der Waals surface area contributed by atoms with Gasteiger partial charge in [0.25, 0.3) is 0 Å². The maximum Gasteiger partial charge on any atom is 0.119 e. The topological polar surface area (TPSA) is 45.6 Å². The summed E-state index contributed by atoms with van der Waals surface area (Å²) in [5.74, 6) is 1.31. The Morgan fingerprint density at radius 3 is 3.17 bits per heavy atom. The second-order valence-electron chi connectivity index (χ2n) is 6.87. The van der Waals surface area contributed by atoms with Crippen LogP contribution in [0.5, 0.6) is 5.75 Å². The zero-order valence-corrected chi connectivity index (χ0v) is 13.6. The third kappa shape index (κ3) is 2.50. The Hall–Kier alpha value is -1.91. The van der Waals surface area contributed by atoms with Gasteiger partial charge in [-0.1, -0.05) is 6.08 Å². The average molecular weight is 327 g/mol. The number of nitrogens with zero attached hydrogens (tertiary/aromatic N) is 2. The number of piperidine rings is 3. The fraction of sp³-hybridized carbons (Fsp3) is 0.450. The van der Waals surface area contributed by atoms with Crippen LogP contribution in [0.4, 0.5) is 0 Å². The monoisotopic (exact) mass is 327 g/mol. The van der Waals surface area contributed by atoms with E-state index in [4.69, 9.17) is 8.85 Å². The van der Waals surface area contributed by atoms with Gasteiger partial charge in [-0.15, -0.1) is 6.58 Å². The first-order valence-electron chi connectivity index (χ1n) is 9.98. The van der Waals surface area contributed by atoms with Gasteiger partial charge in [0.05, 0.1) is 22.8 Å². The van der Waals surface area contributed by atoms with Crippen molar-refractivity contribution in [1.29, 1.82) is 0 Å². The quantitative estimate of drug-likeness (QED) is 0.876. The molecule has 4 heteroatoms. The van der Waals surface area contributed by atoms with E-state index in [1.165, 1.54) is 0 Å². The lowest BCUT2D eigenvalue weighted by molar-refractivity contribution is -0.0444. The number of rotatable bonds is 4. The molecule has 0 radical (unpaired) electrons. The number of fused-ring (bicyclic) bond motifs is 4. The van der Waals surface area contributed by atoms with Gasteiger partial charge in [-0.3, -0.25) is 9.88 Å². The van der Waals surface area contributed by atoms with Crippen molar-refractivity contribution in [1.82, 2.24) is 9.88 Å². The van der Waals surface area contributed by atoms with Crippen molar-refractivity contribution in [3.63, 3.8) is 0 Å². The number of benzene rings is 1. The van der Waals surface area contributed by atoms with Crippen LogP contribution in [0.1, 0.15) is 28.6 Å². The molecule has 126 valence electrons. The summed E-state index contributed by atoms with van der Waals surface area (Å²) >= 11 is 0. The molecule has 1 unspecified atom stereocenters. The molecule has 3 fully saturated rings. The van der Waals surface area contributed by atoms with E-state index in [1.807, 2.05) is 12.1 Å². The lowest BCUT2D eigenvalue weighted by atomic mass is 9.73. The highest BCUT2D eigenvalue weighted by Crippen LogP contribution is 2.42. The molecule has 1 N–H and O–H groups in total. The van der Waals surface area contributed by atoms with Crippen LogP contribution >= 0.6 is 0 Å².